The summed E-state index contributed by atoms with van der Waals surface area (Å²) in [5, 5.41) is 3.77. The number of sulfone groups is 1. The molecule has 2 heterocycles. The summed E-state index contributed by atoms with van der Waals surface area (Å²) in [6.45, 7) is 8.37. The van der Waals surface area contributed by atoms with Gasteiger partial charge < -0.3 is 20.5 Å². The van der Waals surface area contributed by atoms with Gasteiger partial charge in [-0.15, -0.1) is 11.3 Å². The number of aromatic nitrogens is 3. The van der Waals surface area contributed by atoms with Gasteiger partial charge in [0.2, 0.25) is 0 Å². The Kier molecular flexibility index (Phi) is 7.86. The first-order chi connectivity index (χ1) is 17.9. The maximum atomic E-state index is 13.6. The molecule has 0 radical (unpaired) electrons. The normalized spacial score (nSPS) is 13.1. The van der Waals surface area contributed by atoms with Crippen molar-refractivity contribution < 1.29 is 22.7 Å². The summed E-state index contributed by atoms with van der Waals surface area (Å²) < 4.78 is 38.1. The third-order valence-corrected chi connectivity index (χ3v) is 9.29. The lowest BCUT2D eigenvalue weighted by Crippen LogP contribution is -2.37. The number of carbonyl (C=O) groups is 1. The van der Waals surface area contributed by atoms with Crippen LogP contribution >= 0.6 is 11.3 Å². The van der Waals surface area contributed by atoms with E-state index in [1.54, 1.807) is 43.7 Å². The minimum atomic E-state index is -3.83. The molecule has 1 atom stereocenters. The Bertz CT molecular complexity index is 1580. The Labute approximate surface area is 225 Å². The standard InChI is InChI=1S/C26H31N5O5S2/c1-15(2)23(27)25(32)36-9-8-35-20-12-18-17(11-22(20)38(33,34)26(3,4)5)24(29-13-28-18)31-16-6-7-21-19(10-16)30-14-37-21/h6-7,10-15,23H,8-9,27H2,1-5H3,(H,28,29,31). The van der Waals surface area contributed by atoms with Gasteiger partial charge in [-0.1, -0.05) is 13.8 Å². The fourth-order valence-corrected chi connectivity index (χ4v) is 5.53. The van der Waals surface area contributed by atoms with Crippen LogP contribution in [0.25, 0.3) is 21.1 Å². The van der Waals surface area contributed by atoms with Crippen molar-refractivity contribution in [3.8, 4) is 5.75 Å². The van der Waals surface area contributed by atoms with Crippen molar-refractivity contribution in [1.29, 1.82) is 0 Å². The average Bonchev–Trinajstić information content (AvgIpc) is 3.33. The summed E-state index contributed by atoms with van der Waals surface area (Å²) in [6, 6.07) is 8.11. The van der Waals surface area contributed by atoms with Crippen LogP contribution in [0.3, 0.4) is 0 Å². The zero-order chi connectivity index (χ0) is 27.7. The lowest BCUT2D eigenvalue weighted by atomic mass is 10.1. The van der Waals surface area contributed by atoms with Crippen molar-refractivity contribution in [1.82, 2.24) is 15.0 Å². The number of rotatable bonds is 9. The number of thiazole rings is 1. The molecule has 4 rings (SSSR count). The SMILES string of the molecule is CC(C)C(N)C(=O)OCCOc1cc2ncnc(Nc3ccc4scnc4c3)c2cc1S(=O)(=O)C(C)(C)C. The van der Waals surface area contributed by atoms with E-state index in [9.17, 15) is 13.2 Å². The van der Waals surface area contributed by atoms with Gasteiger partial charge in [-0.05, 0) is 51.0 Å². The number of carbonyl (C=O) groups excluding carboxylic acids is 1. The van der Waals surface area contributed by atoms with Crippen LogP contribution < -0.4 is 15.8 Å². The summed E-state index contributed by atoms with van der Waals surface area (Å²) in [5.41, 5.74) is 9.68. The molecular weight excluding hydrogens is 526 g/mol. The first kappa shape index (κ1) is 27.7. The second kappa shape index (κ2) is 10.8. The molecule has 4 aromatic rings. The second-order valence-electron chi connectivity index (χ2n) is 10.1. The van der Waals surface area contributed by atoms with Crippen LogP contribution in [0.4, 0.5) is 11.5 Å². The second-order valence-corrected chi connectivity index (χ2v) is 13.7. The van der Waals surface area contributed by atoms with Crippen LogP contribution in [0.5, 0.6) is 5.75 Å². The average molecular weight is 558 g/mol. The Morgan fingerprint density at radius 1 is 1.08 bits per heavy atom. The summed E-state index contributed by atoms with van der Waals surface area (Å²) >= 11 is 1.55. The van der Waals surface area contributed by atoms with Gasteiger partial charge in [0, 0.05) is 17.1 Å². The summed E-state index contributed by atoms with van der Waals surface area (Å²) in [6.07, 6.45) is 1.39. The number of nitrogens with zero attached hydrogens (tertiary/aromatic N) is 3. The molecule has 0 saturated heterocycles. The van der Waals surface area contributed by atoms with Gasteiger partial charge in [0.05, 0.1) is 26.0 Å². The first-order valence-electron chi connectivity index (χ1n) is 12.1. The molecule has 10 nitrogen and oxygen atoms in total. The highest BCUT2D eigenvalue weighted by Crippen LogP contribution is 2.37. The van der Waals surface area contributed by atoms with Crippen molar-refractivity contribution in [3.05, 3.63) is 42.2 Å². The fraction of sp³-hybridized carbons (Fsp3) is 0.385. The van der Waals surface area contributed by atoms with Crippen LogP contribution in [0.2, 0.25) is 0 Å². The van der Waals surface area contributed by atoms with Gasteiger partial charge >= 0.3 is 5.97 Å². The molecule has 38 heavy (non-hydrogen) atoms. The molecule has 0 aliphatic heterocycles. The third-order valence-electron chi connectivity index (χ3n) is 5.97. The minimum absolute atomic E-state index is 0.00416. The third kappa shape index (κ3) is 5.71. The van der Waals surface area contributed by atoms with E-state index in [2.05, 4.69) is 20.3 Å². The molecule has 2 aromatic heterocycles. The minimum Gasteiger partial charge on any atom is -0.489 e. The van der Waals surface area contributed by atoms with E-state index in [0.29, 0.717) is 16.7 Å². The molecule has 12 heteroatoms. The molecule has 202 valence electrons. The predicted molar refractivity (Wildman–Crippen MR) is 149 cm³/mol. The number of anilines is 2. The topological polar surface area (TPSA) is 146 Å². The quantitative estimate of drug-likeness (QED) is 0.223. The predicted octanol–water partition coefficient (Wildman–Crippen LogP) is 4.46. The number of ether oxygens (including phenoxy) is 2. The van der Waals surface area contributed by atoms with Crippen molar-refractivity contribution >= 4 is 59.8 Å². The van der Waals surface area contributed by atoms with E-state index in [1.807, 2.05) is 32.0 Å². The number of benzene rings is 2. The van der Waals surface area contributed by atoms with Crippen LogP contribution in [-0.4, -0.2) is 53.3 Å². The van der Waals surface area contributed by atoms with E-state index in [1.165, 1.54) is 12.4 Å². The van der Waals surface area contributed by atoms with E-state index < -0.39 is 26.6 Å². The highest BCUT2D eigenvalue weighted by molar-refractivity contribution is 7.92. The number of hydrogen-bond donors (Lipinski definition) is 2. The smallest absolute Gasteiger partial charge is 0.323 e. The Morgan fingerprint density at radius 3 is 2.55 bits per heavy atom. The lowest BCUT2D eigenvalue weighted by molar-refractivity contribution is -0.147. The largest absolute Gasteiger partial charge is 0.489 e. The Balaban J connectivity index is 1.67. The van der Waals surface area contributed by atoms with Crippen LogP contribution in [0.15, 0.2) is 47.1 Å². The number of hydrogen-bond acceptors (Lipinski definition) is 11. The highest BCUT2D eigenvalue weighted by atomic mass is 32.2. The van der Waals surface area contributed by atoms with Gasteiger partial charge in [-0.25, -0.2) is 23.4 Å². The molecule has 0 bridgehead atoms. The number of nitrogens with two attached hydrogens (primary N) is 1. The molecule has 0 spiro atoms. The summed E-state index contributed by atoms with van der Waals surface area (Å²) in [4.78, 5) is 25.1. The zero-order valence-electron chi connectivity index (χ0n) is 21.9. The number of nitrogens with one attached hydrogen (secondary N) is 1. The van der Waals surface area contributed by atoms with E-state index in [-0.39, 0.29) is 29.8 Å². The van der Waals surface area contributed by atoms with Gasteiger partial charge in [-0.3, -0.25) is 4.79 Å². The molecule has 3 N–H and O–H groups in total. The van der Waals surface area contributed by atoms with Gasteiger partial charge in [-0.2, -0.15) is 0 Å². The number of esters is 1. The fourth-order valence-electron chi connectivity index (χ4n) is 3.55. The van der Waals surface area contributed by atoms with Crippen LogP contribution in [0.1, 0.15) is 34.6 Å². The summed E-state index contributed by atoms with van der Waals surface area (Å²) in [7, 11) is -3.83. The molecule has 0 saturated carbocycles. The van der Waals surface area contributed by atoms with Crippen molar-refractivity contribution in [2.45, 2.75) is 50.3 Å². The maximum Gasteiger partial charge on any atom is 0.323 e. The Morgan fingerprint density at radius 2 is 1.84 bits per heavy atom. The lowest BCUT2D eigenvalue weighted by Gasteiger charge is -2.22. The molecule has 0 fully saturated rings. The van der Waals surface area contributed by atoms with E-state index in [0.717, 1.165) is 15.9 Å². The van der Waals surface area contributed by atoms with Crippen molar-refractivity contribution in [2.75, 3.05) is 18.5 Å². The van der Waals surface area contributed by atoms with Crippen molar-refractivity contribution in [2.24, 2.45) is 11.7 Å². The monoisotopic (exact) mass is 557 g/mol. The van der Waals surface area contributed by atoms with Gasteiger partial charge in [0.1, 0.15) is 42.0 Å². The van der Waals surface area contributed by atoms with Crippen LogP contribution in [0, 0.1) is 5.92 Å². The molecule has 2 aromatic carbocycles. The highest BCUT2D eigenvalue weighted by Gasteiger charge is 2.34. The first-order valence-corrected chi connectivity index (χ1v) is 14.4. The molecule has 1 unspecified atom stereocenters. The maximum absolute atomic E-state index is 13.6. The molecular formula is C26H31N5O5S2. The van der Waals surface area contributed by atoms with Gasteiger partial charge in [0.15, 0.2) is 9.84 Å². The molecule has 0 aliphatic carbocycles. The van der Waals surface area contributed by atoms with Crippen molar-refractivity contribution in [3.63, 3.8) is 0 Å². The van der Waals surface area contributed by atoms with Gasteiger partial charge in [0.25, 0.3) is 0 Å². The van der Waals surface area contributed by atoms with E-state index >= 15 is 0 Å². The Hall–Kier alpha value is -3.35. The molecule has 0 aliphatic rings. The summed E-state index contributed by atoms with van der Waals surface area (Å²) in [5.74, 6) is -0.0504. The zero-order valence-corrected chi connectivity index (χ0v) is 23.5. The van der Waals surface area contributed by atoms with E-state index in [4.69, 9.17) is 15.2 Å². The molecule has 0 amide bonds. The number of fused-ring (bicyclic) bond motifs is 2. The van der Waals surface area contributed by atoms with Crippen LogP contribution in [-0.2, 0) is 19.4 Å².